The van der Waals surface area contributed by atoms with E-state index in [2.05, 4.69) is 21.2 Å². The summed E-state index contributed by atoms with van der Waals surface area (Å²) in [5.41, 5.74) is 1.11. The van der Waals surface area contributed by atoms with Crippen LogP contribution in [0.3, 0.4) is 0 Å². The number of anilines is 1. The van der Waals surface area contributed by atoms with Gasteiger partial charge in [0.25, 0.3) is 11.8 Å². The molecule has 0 saturated heterocycles. The number of alkyl halides is 3. The average Bonchev–Trinajstić information content (AvgIpc) is 2.90. The number of carbonyl (C=O) groups is 4. The number of benzene rings is 2. The Hall–Kier alpha value is -3.21. The molecule has 3 rings (SSSR count). The lowest BCUT2D eigenvalue weighted by molar-refractivity contribution is -0.173. The lowest BCUT2D eigenvalue weighted by Crippen LogP contribution is -2.37. The van der Waals surface area contributed by atoms with Gasteiger partial charge in [0.2, 0.25) is 5.91 Å². The highest BCUT2D eigenvalue weighted by Gasteiger charge is 2.38. The van der Waals surface area contributed by atoms with Crippen molar-refractivity contribution in [3.8, 4) is 0 Å². The van der Waals surface area contributed by atoms with Gasteiger partial charge < -0.3 is 10.6 Å². The number of hydrogen-bond donors (Lipinski definition) is 2. The lowest BCUT2D eigenvalue weighted by atomic mass is 10.1. The second kappa shape index (κ2) is 8.27. The monoisotopic (exact) mass is 483 g/mol. The third kappa shape index (κ3) is 4.67. The molecule has 0 unspecified atom stereocenters. The van der Waals surface area contributed by atoms with E-state index in [9.17, 15) is 32.3 Å². The molecule has 0 atom stereocenters. The summed E-state index contributed by atoms with van der Waals surface area (Å²) in [5, 5.41) is 4.24. The van der Waals surface area contributed by atoms with E-state index in [-0.39, 0.29) is 17.7 Å². The van der Waals surface area contributed by atoms with Gasteiger partial charge in [-0.3, -0.25) is 24.1 Å². The summed E-state index contributed by atoms with van der Waals surface area (Å²) >= 11 is 3.22. The number of carbonyl (C=O) groups excluding carboxylic acids is 4. The Morgan fingerprint density at radius 2 is 1.60 bits per heavy atom. The molecule has 0 bridgehead atoms. The molecule has 1 aliphatic rings. The van der Waals surface area contributed by atoms with Gasteiger partial charge >= 0.3 is 12.1 Å². The van der Waals surface area contributed by atoms with Crippen LogP contribution in [0, 0.1) is 0 Å². The number of hydrogen-bond acceptors (Lipinski definition) is 4. The van der Waals surface area contributed by atoms with Crippen molar-refractivity contribution in [1.29, 1.82) is 0 Å². The van der Waals surface area contributed by atoms with Gasteiger partial charge in [-0.25, -0.2) is 0 Å². The van der Waals surface area contributed by atoms with Crippen molar-refractivity contribution in [2.24, 2.45) is 0 Å². The first-order valence-corrected chi connectivity index (χ1v) is 9.25. The van der Waals surface area contributed by atoms with Crippen molar-refractivity contribution in [2.45, 2.75) is 12.7 Å². The Bertz CT molecular complexity index is 1040. The number of nitrogens with one attached hydrogen (secondary N) is 2. The second-order valence-electron chi connectivity index (χ2n) is 6.31. The maximum atomic E-state index is 12.4. The Balaban J connectivity index is 1.57. The minimum Gasteiger partial charge on any atom is -0.344 e. The molecule has 2 aromatic rings. The second-order valence-corrected chi connectivity index (χ2v) is 7.23. The van der Waals surface area contributed by atoms with Crippen LogP contribution in [0.15, 0.2) is 46.9 Å². The van der Waals surface area contributed by atoms with Crippen LogP contribution in [0.4, 0.5) is 18.9 Å². The summed E-state index contributed by atoms with van der Waals surface area (Å²) in [6.45, 7) is -0.829. The highest BCUT2D eigenvalue weighted by Crippen LogP contribution is 2.26. The van der Waals surface area contributed by atoms with E-state index in [4.69, 9.17) is 0 Å². The van der Waals surface area contributed by atoms with Crippen molar-refractivity contribution >= 4 is 45.2 Å². The number of rotatable bonds is 5. The van der Waals surface area contributed by atoms with Crippen molar-refractivity contribution in [2.75, 3.05) is 11.9 Å². The van der Waals surface area contributed by atoms with Crippen LogP contribution in [-0.4, -0.2) is 41.2 Å². The summed E-state index contributed by atoms with van der Waals surface area (Å²) in [6, 6.07) is 10.3. The zero-order valence-electron chi connectivity index (χ0n) is 15.0. The zero-order chi connectivity index (χ0) is 22.1. The molecule has 2 aromatic carbocycles. The molecule has 2 N–H and O–H groups in total. The third-order valence-corrected chi connectivity index (χ3v) is 4.68. The normalized spacial score (nSPS) is 13.3. The van der Waals surface area contributed by atoms with Gasteiger partial charge in [0.15, 0.2) is 0 Å². The Morgan fingerprint density at radius 1 is 0.967 bits per heavy atom. The number of imide groups is 1. The van der Waals surface area contributed by atoms with Crippen LogP contribution in [-0.2, 0) is 16.1 Å². The number of fused-ring (bicyclic) bond motifs is 1. The maximum absolute atomic E-state index is 12.4. The van der Waals surface area contributed by atoms with Gasteiger partial charge in [0, 0.05) is 16.7 Å². The van der Waals surface area contributed by atoms with Crippen LogP contribution >= 0.6 is 15.9 Å². The standard InChI is InChI=1S/C19H13BrF3N3O4/c20-11-3-6-13-14(7-11)17(29)26(16(13)28)9-15(27)25-12-4-1-10(2-5-12)8-24-18(30)19(21,22)23/h1-7H,8-9H2,(H,24,30)(H,25,27). The van der Waals surface area contributed by atoms with E-state index in [1.807, 2.05) is 0 Å². The summed E-state index contributed by atoms with van der Waals surface area (Å²) in [5.74, 6) is -3.83. The molecule has 30 heavy (non-hydrogen) atoms. The van der Waals surface area contributed by atoms with Crippen LogP contribution in [0.25, 0.3) is 0 Å². The van der Waals surface area contributed by atoms with Gasteiger partial charge in [-0.1, -0.05) is 28.1 Å². The molecule has 0 saturated carbocycles. The van der Waals surface area contributed by atoms with Crippen LogP contribution in [0.1, 0.15) is 26.3 Å². The fourth-order valence-corrected chi connectivity index (χ4v) is 3.10. The van der Waals surface area contributed by atoms with Crippen molar-refractivity contribution in [3.05, 3.63) is 63.6 Å². The van der Waals surface area contributed by atoms with Crippen molar-refractivity contribution < 1.29 is 32.3 Å². The van der Waals surface area contributed by atoms with Crippen molar-refractivity contribution in [1.82, 2.24) is 10.2 Å². The quantitative estimate of drug-likeness (QED) is 0.639. The molecule has 1 aliphatic heterocycles. The minimum absolute atomic E-state index is 0.201. The first-order chi connectivity index (χ1) is 14.1. The molecule has 0 radical (unpaired) electrons. The summed E-state index contributed by atoms with van der Waals surface area (Å²) in [4.78, 5) is 48.6. The Labute approximate surface area is 176 Å². The molecule has 1 heterocycles. The number of amides is 4. The summed E-state index contributed by atoms with van der Waals surface area (Å²) in [6.07, 6.45) is -4.96. The van der Waals surface area contributed by atoms with Crippen LogP contribution < -0.4 is 10.6 Å². The molecule has 11 heteroatoms. The Kier molecular flexibility index (Phi) is 5.92. The predicted molar refractivity (Wildman–Crippen MR) is 102 cm³/mol. The largest absolute Gasteiger partial charge is 0.471 e. The van der Waals surface area contributed by atoms with E-state index in [0.717, 1.165) is 4.90 Å². The lowest BCUT2D eigenvalue weighted by Gasteiger charge is -2.14. The Morgan fingerprint density at radius 3 is 2.23 bits per heavy atom. The highest BCUT2D eigenvalue weighted by atomic mass is 79.9. The molecule has 0 aromatic heterocycles. The maximum Gasteiger partial charge on any atom is 0.471 e. The average molecular weight is 484 g/mol. The topological polar surface area (TPSA) is 95.6 Å². The molecular weight excluding hydrogens is 471 g/mol. The molecule has 0 spiro atoms. The first-order valence-electron chi connectivity index (χ1n) is 8.46. The predicted octanol–water partition coefficient (Wildman–Crippen LogP) is 2.86. The fourth-order valence-electron chi connectivity index (χ4n) is 2.74. The van der Waals surface area contributed by atoms with E-state index in [1.54, 1.807) is 11.4 Å². The van der Waals surface area contributed by atoms with Gasteiger partial charge in [-0.15, -0.1) is 0 Å². The SMILES string of the molecule is O=C(CN1C(=O)c2ccc(Br)cc2C1=O)Nc1ccc(CNC(=O)C(F)(F)F)cc1. The van der Waals surface area contributed by atoms with E-state index in [1.165, 1.54) is 36.4 Å². The first kappa shape index (κ1) is 21.5. The molecule has 0 aliphatic carbocycles. The summed E-state index contributed by atoms with van der Waals surface area (Å²) in [7, 11) is 0. The molecule has 0 fully saturated rings. The van der Waals surface area contributed by atoms with Gasteiger partial charge in [-0.2, -0.15) is 13.2 Å². The van der Waals surface area contributed by atoms with Gasteiger partial charge in [-0.05, 0) is 35.9 Å². The van der Waals surface area contributed by atoms with Gasteiger partial charge in [0.05, 0.1) is 11.1 Å². The van der Waals surface area contributed by atoms with Crippen molar-refractivity contribution in [3.63, 3.8) is 0 Å². The molecule has 4 amide bonds. The van der Waals surface area contributed by atoms with E-state index >= 15 is 0 Å². The smallest absolute Gasteiger partial charge is 0.344 e. The molecule has 156 valence electrons. The van der Waals surface area contributed by atoms with E-state index < -0.39 is 36.3 Å². The highest BCUT2D eigenvalue weighted by molar-refractivity contribution is 9.10. The fraction of sp³-hybridized carbons (Fsp3) is 0.158. The number of nitrogens with zero attached hydrogens (tertiary/aromatic N) is 1. The van der Waals surface area contributed by atoms with Gasteiger partial charge in [0.1, 0.15) is 6.54 Å². The summed E-state index contributed by atoms with van der Waals surface area (Å²) < 4.78 is 37.1. The van der Waals surface area contributed by atoms with Crippen LogP contribution in [0.5, 0.6) is 0 Å². The zero-order valence-corrected chi connectivity index (χ0v) is 16.6. The molecular formula is C19H13BrF3N3O4. The third-order valence-electron chi connectivity index (χ3n) is 4.18. The minimum atomic E-state index is -4.96. The van der Waals surface area contributed by atoms with Crippen LogP contribution in [0.2, 0.25) is 0 Å². The van der Waals surface area contributed by atoms with E-state index in [0.29, 0.717) is 15.7 Å². The number of halogens is 4. The molecule has 7 nitrogen and oxygen atoms in total.